The van der Waals surface area contributed by atoms with E-state index in [0.717, 1.165) is 5.56 Å². The molecule has 4 nitrogen and oxygen atoms in total. The quantitative estimate of drug-likeness (QED) is 0.899. The highest BCUT2D eigenvalue weighted by Crippen LogP contribution is 2.08. The average Bonchev–Trinajstić information content (AvgIpc) is 2.50. The molecule has 0 saturated carbocycles. The fourth-order valence-electron chi connectivity index (χ4n) is 1.69. The van der Waals surface area contributed by atoms with Gasteiger partial charge < -0.3 is 10.6 Å². The van der Waals surface area contributed by atoms with Crippen molar-refractivity contribution in [2.24, 2.45) is 0 Å². The second-order valence-electron chi connectivity index (χ2n) is 4.53. The summed E-state index contributed by atoms with van der Waals surface area (Å²) in [6.45, 7) is 2.02. The minimum atomic E-state index is -0.330. The topological polar surface area (TPSA) is 64.9 Å². The number of carbonyl (C=O) groups excluding carboxylic acids is 1. The van der Waals surface area contributed by atoms with E-state index >= 15 is 0 Å². The third kappa shape index (κ3) is 4.51. The Hall–Kier alpha value is -3.06. The number of aryl methyl sites for hydroxylation is 1. The standard InChI is InChI=1S/C17H15N3O/c1-13-2-4-14(5-3-13)10-11-19-17(21)20-16-8-6-15(12-18)7-9-16/h2-11H,1H3,(H2,19,20,21)/b11-10+. The number of hydrogen-bond donors (Lipinski definition) is 2. The van der Waals surface area contributed by atoms with Gasteiger partial charge in [-0.1, -0.05) is 29.8 Å². The lowest BCUT2D eigenvalue weighted by Crippen LogP contribution is -2.23. The summed E-state index contributed by atoms with van der Waals surface area (Å²) in [6, 6.07) is 16.3. The zero-order valence-corrected chi connectivity index (χ0v) is 11.6. The summed E-state index contributed by atoms with van der Waals surface area (Å²) in [4.78, 5) is 11.7. The van der Waals surface area contributed by atoms with Gasteiger partial charge >= 0.3 is 6.03 Å². The van der Waals surface area contributed by atoms with Crippen molar-refractivity contribution in [3.63, 3.8) is 0 Å². The minimum Gasteiger partial charge on any atom is -0.314 e. The van der Waals surface area contributed by atoms with Crippen molar-refractivity contribution in [3.8, 4) is 6.07 Å². The maximum atomic E-state index is 11.7. The Balaban J connectivity index is 1.86. The van der Waals surface area contributed by atoms with Gasteiger partial charge in [-0.05, 0) is 42.8 Å². The molecule has 0 aliphatic heterocycles. The van der Waals surface area contributed by atoms with Gasteiger partial charge in [0.2, 0.25) is 0 Å². The van der Waals surface area contributed by atoms with E-state index in [0.29, 0.717) is 11.3 Å². The summed E-state index contributed by atoms with van der Waals surface area (Å²) in [5, 5.41) is 14.0. The Morgan fingerprint density at radius 1 is 1.10 bits per heavy atom. The monoisotopic (exact) mass is 277 g/mol. The van der Waals surface area contributed by atoms with Crippen molar-refractivity contribution in [2.45, 2.75) is 6.92 Å². The summed E-state index contributed by atoms with van der Waals surface area (Å²) in [7, 11) is 0. The molecule has 4 heteroatoms. The van der Waals surface area contributed by atoms with Crippen LogP contribution in [0.15, 0.2) is 54.7 Å². The molecule has 0 aliphatic carbocycles. The van der Waals surface area contributed by atoms with Gasteiger partial charge in [-0.25, -0.2) is 4.79 Å². The second kappa shape index (κ2) is 6.92. The normalized spacial score (nSPS) is 10.1. The lowest BCUT2D eigenvalue weighted by Gasteiger charge is -2.04. The number of nitrogens with zero attached hydrogens (tertiary/aromatic N) is 1. The van der Waals surface area contributed by atoms with Crippen LogP contribution in [-0.2, 0) is 0 Å². The van der Waals surface area contributed by atoms with Crippen molar-refractivity contribution in [3.05, 3.63) is 71.4 Å². The Morgan fingerprint density at radius 3 is 2.38 bits per heavy atom. The van der Waals surface area contributed by atoms with E-state index in [9.17, 15) is 4.79 Å². The first-order valence-corrected chi connectivity index (χ1v) is 6.48. The van der Waals surface area contributed by atoms with Gasteiger partial charge in [0.1, 0.15) is 0 Å². The fourth-order valence-corrected chi connectivity index (χ4v) is 1.69. The molecule has 2 amide bonds. The van der Waals surface area contributed by atoms with Gasteiger partial charge in [0.15, 0.2) is 0 Å². The van der Waals surface area contributed by atoms with E-state index in [-0.39, 0.29) is 6.03 Å². The van der Waals surface area contributed by atoms with Crippen LogP contribution in [-0.4, -0.2) is 6.03 Å². The van der Waals surface area contributed by atoms with Crippen LogP contribution in [0.5, 0.6) is 0 Å². The van der Waals surface area contributed by atoms with Crippen LogP contribution in [0.3, 0.4) is 0 Å². The Bertz CT molecular complexity index is 679. The molecule has 0 aliphatic rings. The summed E-state index contributed by atoms with van der Waals surface area (Å²) in [5.41, 5.74) is 3.40. The first-order chi connectivity index (χ1) is 10.2. The highest BCUT2D eigenvalue weighted by atomic mass is 16.2. The predicted molar refractivity (Wildman–Crippen MR) is 83.5 cm³/mol. The molecule has 0 spiro atoms. The van der Waals surface area contributed by atoms with Crippen molar-refractivity contribution < 1.29 is 4.79 Å². The number of urea groups is 1. The van der Waals surface area contributed by atoms with E-state index in [4.69, 9.17) is 5.26 Å². The molecular weight excluding hydrogens is 262 g/mol. The van der Waals surface area contributed by atoms with Gasteiger partial charge in [-0.2, -0.15) is 5.26 Å². The zero-order valence-electron chi connectivity index (χ0n) is 11.6. The van der Waals surface area contributed by atoms with Crippen LogP contribution >= 0.6 is 0 Å². The van der Waals surface area contributed by atoms with Crippen LogP contribution in [0.2, 0.25) is 0 Å². The number of benzene rings is 2. The molecule has 0 heterocycles. The Kier molecular flexibility index (Phi) is 4.73. The molecule has 0 radical (unpaired) electrons. The predicted octanol–water partition coefficient (Wildman–Crippen LogP) is 3.66. The average molecular weight is 277 g/mol. The maximum absolute atomic E-state index is 11.7. The van der Waals surface area contributed by atoms with Gasteiger partial charge in [0, 0.05) is 11.9 Å². The van der Waals surface area contributed by atoms with Crippen LogP contribution in [0.25, 0.3) is 6.08 Å². The molecule has 0 aromatic heterocycles. The van der Waals surface area contributed by atoms with Gasteiger partial charge in [0.25, 0.3) is 0 Å². The maximum Gasteiger partial charge on any atom is 0.323 e. The van der Waals surface area contributed by atoms with Crippen molar-refractivity contribution in [1.29, 1.82) is 5.26 Å². The SMILES string of the molecule is Cc1ccc(/C=C/NC(=O)Nc2ccc(C#N)cc2)cc1. The Morgan fingerprint density at radius 2 is 1.76 bits per heavy atom. The number of nitriles is 1. The van der Waals surface area contributed by atoms with E-state index in [1.54, 1.807) is 30.5 Å². The highest BCUT2D eigenvalue weighted by molar-refractivity contribution is 5.90. The molecule has 104 valence electrons. The molecule has 0 unspecified atom stereocenters. The van der Waals surface area contributed by atoms with Crippen molar-refractivity contribution in [1.82, 2.24) is 5.32 Å². The summed E-state index contributed by atoms with van der Waals surface area (Å²) in [5.74, 6) is 0. The molecule has 2 aromatic rings. The number of amides is 2. The molecule has 2 rings (SSSR count). The van der Waals surface area contributed by atoms with E-state index in [1.807, 2.05) is 43.3 Å². The second-order valence-corrected chi connectivity index (χ2v) is 4.53. The molecule has 2 N–H and O–H groups in total. The largest absolute Gasteiger partial charge is 0.323 e. The molecule has 2 aromatic carbocycles. The third-order valence-electron chi connectivity index (χ3n) is 2.84. The number of nitrogens with one attached hydrogen (secondary N) is 2. The molecule has 0 fully saturated rings. The number of hydrogen-bond acceptors (Lipinski definition) is 2. The lowest BCUT2D eigenvalue weighted by atomic mass is 10.1. The number of anilines is 1. The van der Waals surface area contributed by atoms with Gasteiger partial charge in [0.05, 0.1) is 11.6 Å². The molecule has 0 bridgehead atoms. The first-order valence-electron chi connectivity index (χ1n) is 6.48. The van der Waals surface area contributed by atoms with Crippen LogP contribution in [0.4, 0.5) is 10.5 Å². The fraction of sp³-hybridized carbons (Fsp3) is 0.0588. The van der Waals surface area contributed by atoms with Gasteiger partial charge in [-0.3, -0.25) is 0 Å². The van der Waals surface area contributed by atoms with E-state index in [2.05, 4.69) is 10.6 Å². The first kappa shape index (κ1) is 14.4. The van der Waals surface area contributed by atoms with E-state index in [1.165, 1.54) is 5.56 Å². The van der Waals surface area contributed by atoms with E-state index < -0.39 is 0 Å². The van der Waals surface area contributed by atoms with Crippen molar-refractivity contribution in [2.75, 3.05) is 5.32 Å². The molecule has 0 atom stereocenters. The highest BCUT2D eigenvalue weighted by Gasteiger charge is 1.99. The van der Waals surface area contributed by atoms with Gasteiger partial charge in [-0.15, -0.1) is 0 Å². The Labute approximate surface area is 123 Å². The van der Waals surface area contributed by atoms with Crippen LogP contribution in [0, 0.1) is 18.3 Å². The number of carbonyl (C=O) groups is 1. The minimum absolute atomic E-state index is 0.330. The zero-order chi connectivity index (χ0) is 15.1. The smallest absolute Gasteiger partial charge is 0.314 e. The van der Waals surface area contributed by atoms with Crippen LogP contribution in [0.1, 0.15) is 16.7 Å². The lowest BCUT2D eigenvalue weighted by molar-refractivity contribution is 0.255. The van der Waals surface area contributed by atoms with Crippen LogP contribution < -0.4 is 10.6 Å². The van der Waals surface area contributed by atoms with Crippen molar-refractivity contribution >= 4 is 17.8 Å². The summed E-state index contributed by atoms with van der Waals surface area (Å²) < 4.78 is 0. The molecule has 21 heavy (non-hydrogen) atoms. The third-order valence-corrected chi connectivity index (χ3v) is 2.84. The summed E-state index contributed by atoms with van der Waals surface area (Å²) in [6.07, 6.45) is 3.40. The molecule has 0 saturated heterocycles. The summed E-state index contributed by atoms with van der Waals surface area (Å²) >= 11 is 0. The number of rotatable bonds is 3. The molecular formula is C17H15N3O.